The molecule has 0 saturated carbocycles. The predicted molar refractivity (Wildman–Crippen MR) is 96.7 cm³/mol. The Kier molecular flexibility index (Phi) is 5.17. The van der Waals surface area contributed by atoms with Crippen LogP contribution in [-0.2, 0) is 15.5 Å². The van der Waals surface area contributed by atoms with Crippen molar-refractivity contribution in [1.29, 1.82) is 0 Å². The van der Waals surface area contributed by atoms with Crippen LogP contribution in [0.25, 0.3) is 11.0 Å². The average Bonchev–Trinajstić information content (AvgIpc) is 3.03. The third-order valence-electron chi connectivity index (χ3n) is 3.67. The summed E-state index contributed by atoms with van der Waals surface area (Å²) in [5.41, 5.74) is 0.716. The number of ether oxygens (including phenoxy) is 1. The van der Waals surface area contributed by atoms with Gasteiger partial charge in [0.1, 0.15) is 5.82 Å². The summed E-state index contributed by atoms with van der Waals surface area (Å²) in [5, 5.41) is 4.81. The summed E-state index contributed by atoms with van der Waals surface area (Å²) in [6.45, 7) is 0. The van der Waals surface area contributed by atoms with Crippen molar-refractivity contribution in [3.8, 4) is 0 Å². The van der Waals surface area contributed by atoms with Crippen LogP contribution in [0.3, 0.4) is 0 Å². The lowest BCUT2D eigenvalue weighted by molar-refractivity contribution is 0.186. The summed E-state index contributed by atoms with van der Waals surface area (Å²) in [4.78, 5) is 28.6. The highest BCUT2D eigenvalue weighted by Crippen LogP contribution is 2.25. The van der Waals surface area contributed by atoms with Gasteiger partial charge in [-0.15, -0.1) is 0 Å². The quantitative estimate of drug-likeness (QED) is 0.716. The monoisotopic (exact) mass is 390 g/mol. The maximum absolute atomic E-state index is 13.4. The number of nitrogens with one attached hydrogen (secondary N) is 2. The number of carbonyl (C=O) groups is 2. The summed E-state index contributed by atoms with van der Waals surface area (Å²) in [7, 11) is 0.980. The third-order valence-corrected chi connectivity index (χ3v) is 5.03. The highest BCUT2D eigenvalue weighted by Gasteiger charge is 2.19. The Bertz CT molecular complexity index is 1070. The molecular formula is C17H15FN4O4S. The fourth-order valence-electron chi connectivity index (χ4n) is 2.44. The summed E-state index contributed by atoms with van der Waals surface area (Å²) in [5.74, 6) is -0.541. The second kappa shape index (κ2) is 7.54. The SMILES string of the molecule is CNC(=O)n1c(NC(=O)OC)nc2cc(S(=O)c3cccc(F)c3)ccc21. The fraction of sp³-hybridized carbons (Fsp3) is 0.118. The fourth-order valence-corrected chi connectivity index (χ4v) is 3.54. The van der Waals surface area contributed by atoms with Gasteiger partial charge in [-0.1, -0.05) is 6.07 Å². The van der Waals surface area contributed by atoms with Crippen LogP contribution in [0.4, 0.5) is 19.9 Å². The number of carbonyl (C=O) groups excluding carboxylic acids is 2. The van der Waals surface area contributed by atoms with Gasteiger partial charge < -0.3 is 10.1 Å². The number of imidazole rings is 1. The molecule has 0 aliphatic rings. The number of halogens is 1. The van der Waals surface area contributed by atoms with E-state index in [0.717, 1.165) is 4.57 Å². The van der Waals surface area contributed by atoms with Crippen LogP contribution in [-0.4, -0.2) is 40.0 Å². The molecule has 8 nitrogen and oxygen atoms in total. The lowest BCUT2D eigenvalue weighted by Gasteiger charge is -2.07. The zero-order valence-corrected chi connectivity index (χ0v) is 15.2. The van der Waals surface area contributed by atoms with Gasteiger partial charge >= 0.3 is 12.1 Å². The molecule has 2 aromatic carbocycles. The van der Waals surface area contributed by atoms with Crippen molar-refractivity contribution >= 4 is 39.9 Å². The minimum atomic E-state index is -1.64. The van der Waals surface area contributed by atoms with Gasteiger partial charge in [0, 0.05) is 16.8 Å². The van der Waals surface area contributed by atoms with E-state index in [4.69, 9.17) is 0 Å². The molecule has 1 aromatic heterocycles. The van der Waals surface area contributed by atoms with Crippen LogP contribution >= 0.6 is 0 Å². The van der Waals surface area contributed by atoms with Gasteiger partial charge in [-0.25, -0.2) is 27.7 Å². The molecule has 0 aliphatic carbocycles. The number of hydrogen-bond donors (Lipinski definition) is 2. The number of nitrogens with zero attached hydrogens (tertiary/aromatic N) is 2. The molecule has 140 valence electrons. The van der Waals surface area contributed by atoms with E-state index in [1.807, 2.05) is 0 Å². The Morgan fingerprint density at radius 3 is 2.59 bits per heavy atom. The standard InChI is InChI=1S/C17H15FN4O4S/c1-19-16(23)22-14-7-6-12(27(25)11-5-3-4-10(18)8-11)9-13(14)20-15(22)21-17(24)26-2/h3-9H,1-2H3,(H,19,23)(H,20,21,24). The van der Waals surface area contributed by atoms with Crippen molar-refractivity contribution in [2.24, 2.45) is 0 Å². The molecule has 10 heteroatoms. The van der Waals surface area contributed by atoms with Gasteiger partial charge in [-0.2, -0.15) is 0 Å². The smallest absolute Gasteiger partial charge is 0.413 e. The number of anilines is 1. The molecule has 2 amide bonds. The largest absolute Gasteiger partial charge is 0.453 e. The number of rotatable bonds is 3. The minimum absolute atomic E-state index is 0.0510. The molecule has 0 fully saturated rings. The van der Waals surface area contributed by atoms with Crippen molar-refractivity contribution in [3.63, 3.8) is 0 Å². The van der Waals surface area contributed by atoms with E-state index in [2.05, 4.69) is 20.4 Å². The second-order valence-electron chi connectivity index (χ2n) is 5.32. The summed E-state index contributed by atoms with van der Waals surface area (Å²) >= 11 is 0. The predicted octanol–water partition coefficient (Wildman–Crippen LogP) is 2.71. The molecule has 0 bridgehead atoms. The maximum Gasteiger partial charge on any atom is 0.413 e. The minimum Gasteiger partial charge on any atom is -0.453 e. The van der Waals surface area contributed by atoms with E-state index < -0.39 is 28.7 Å². The van der Waals surface area contributed by atoms with Crippen molar-refractivity contribution < 1.29 is 22.9 Å². The Labute approximate surface area is 155 Å². The number of amides is 2. The van der Waals surface area contributed by atoms with E-state index in [0.29, 0.717) is 20.8 Å². The lowest BCUT2D eigenvalue weighted by Crippen LogP contribution is -2.27. The van der Waals surface area contributed by atoms with Gasteiger partial charge in [0.25, 0.3) is 0 Å². The van der Waals surface area contributed by atoms with Gasteiger partial charge in [-0.3, -0.25) is 5.32 Å². The topological polar surface area (TPSA) is 102 Å². The Hall–Kier alpha value is -3.27. The van der Waals surface area contributed by atoms with E-state index in [-0.39, 0.29) is 5.95 Å². The summed E-state index contributed by atoms with van der Waals surface area (Å²) in [6, 6.07) is 9.56. The molecule has 3 rings (SSSR count). The molecule has 0 radical (unpaired) electrons. The summed E-state index contributed by atoms with van der Waals surface area (Å²) in [6.07, 6.45) is -0.793. The maximum atomic E-state index is 13.4. The van der Waals surface area contributed by atoms with Gasteiger partial charge in [0.05, 0.1) is 28.9 Å². The Morgan fingerprint density at radius 1 is 1.19 bits per heavy atom. The number of hydrogen-bond acceptors (Lipinski definition) is 5. The van der Waals surface area contributed by atoms with Gasteiger partial charge in [-0.05, 0) is 36.4 Å². The van der Waals surface area contributed by atoms with Gasteiger partial charge in [0.15, 0.2) is 0 Å². The van der Waals surface area contributed by atoms with Crippen LogP contribution in [0.1, 0.15) is 0 Å². The van der Waals surface area contributed by atoms with Crippen molar-refractivity contribution in [2.75, 3.05) is 19.5 Å². The first-order valence-corrected chi connectivity index (χ1v) is 8.86. The molecular weight excluding hydrogens is 375 g/mol. The van der Waals surface area contributed by atoms with Crippen LogP contribution in [0.15, 0.2) is 52.3 Å². The molecule has 0 saturated heterocycles. The third kappa shape index (κ3) is 3.65. The number of fused-ring (bicyclic) bond motifs is 1. The molecule has 27 heavy (non-hydrogen) atoms. The zero-order valence-electron chi connectivity index (χ0n) is 14.4. The van der Waals surface area contributed by atoms with Crippen LogP contribution in [0, 0.1) is 5.82 Å². The average molecular weight is 390 g/mol. The normalized spacial score (nSPS) is 11.8. The highest BCUT2D eigenvalue weighted by molar-refractivity contribution is 7.85. The molecule has 2 N–H and O–H groups in total. The molecule has 1 unspecified atom stereocenters. The van der Waals surface area contributed by atoms with Crippen LogP contribution in [0.5, 0.6) is 0 Å². The molecule has 1 heterocycles. The van der Waals surface area contributed by atoms with E-state index >= 15 is 0 Å². The zero-order chi connectivity index (χ0) is 19.6. The van der Waals surface area contributed by atoms with Crippen molar-refractivity contribution in [2.45, 2.75) is 9.79 Å². The van der Waals surface area contributed by atoms with Crippen molar-refractivity contribution in [1.82, 2.24) is 14.9 Å². The molecule has 1 atom stereocenters. The Balaban J connectivity index is 2.08. The van der Waals surface area contributed by atoms with Crippen LogP contribution < -0.4 is 10.6 Å². The van der Waals surface area contributed by atoms with E-state index in [1.54, 1.807) is 18.2 Å². The first-order chi connectivity index (χ1) is 12.9. The second-order valence-corrected chi connectivity index (χ2v) is 6.80. The number of benzene rings is 2. The lowest BCUT2D eigenvalue weighted by atomic mass is 10.3. The molecule has 0 spiro atoms. The Morgan fingerprint density at radius 2 is 1.93 bits per heavy atom. The number of aromatic nitrogens is 2. The van der Waals surface area contributed by atoms with E-state index in [9.17, 15) is 18.2 Å². The molecule has 0 aliphatic heterocycles. The summed E-state index contributed by atoms with van der Waals surface area (Å²) < 4.78 is 31.8. The first kappa shape index (κ1) is 18.5. The highest BCUT2D eigenvalue weighted by atomic mass is 32.2. The van der Waals surface area contributed by atoms with Crippen molar-refractivity contribution in [3.05, 3.63) is 48.3 Å². The number of methoxy groups -OCH3 is 1. The van der Waals surface area contributed by atoms with E-state index in [1.165, 1.54) is 38.4 Å². The van der Waals surface area contributed by atoms with Crippen LogP contribution in [0.2, 0.25) is 0 Å². The molecule has 3 aromatic rings. The van der Waals surface area contributed by atoms with Gasteiger partial charge in [0.2, 0.25) is 5.95 Å². The first-order valence-electron chi connectivity index (χ1n) is 7.71.